The lowest BCUT2D eigenvalue weighted by Gasteiger charge is -1.99. The van der Waals surface area contributed by atoms with Crippen LogP contribution in [0, 0.1) is 6.92 Å². The van der Waals surface area contributed by atoms with Crippen molar-refractivity contribution < 1.29 is 0 Å². The molecule has 2 aromatic rings. The second kappa shape index (κ2) is 5.27. The summed E-state index contributed by atoms with van der Waals surface area (Å²) in [5, 5.41) is 12.0. The van der Waals surface area contributed by atoms with Crippen molar-refractivity contribution in [1.82, 2.24) is 15.1 Å². The number of aromatic nitrogens is 2. The van der Waals surface area contributed by atoms with Gasteiger partial charge in [-0.25, -0.2) is 0 Å². The molecule has 2 heterocycles. The van der Waals surface area contributed by atoms with Crippen LogP contribution in [0.3, 0.4) is 0 Å². The highest BCUT2D eigenvalue weighted by molar-refractivity contribution is 7.07. The van der Waals surface area contributed by atoms with E-state index in [0.717, 1.165) is 25.2 Å². The molecule has 3 nitrogen and oxygen atoms in total. The highest BCUT2D eigenvalue weighted by atomic mass is 32.1. The van der Waals surface area contributed by atoms with E-state index < -0.39 is 0 Å². The summed E-state index contributed by atoms with van der Waals surface area (Å²) in [6, 6.07) is 2.18. The molecule has 0 aliphatic heterocycles. The molecule has 0 aliphatic carbocycles. The first-order valence-electron chi connectivity index (χ1n) is 5.48. The maximum absolute atomic E-state index is 4.51. The Balaban J connectivity index is 1.97. The largest absolute Gasteiger partial charge is 0.316 e. The van der Waals surface area contributed by atoms with Crippen LogP contribution in [0.5, 0.6) is 0 Å². The highest BCUT2D eigenvalue weighted by Crippen LogP contribution is 2.09. The van der Waals surface area contributed by atoms with Crippen LogP contribution >= 0.6 is 11.3 Å². The van der Waals surface area contributed by atoms with Gasteiger partial charge in [-0.05, 0) is 42.8 Å². The Morgan fingerprint density at radius 3 is 3.06 bits per heavy atom. The van der Waals surface area contributed by atoms with E-state index in [9.17, 15) is 0 Å². The number of thiophene rings is 1. The zero-order valence-corrected chi connectivity index (χ0v) is 10.5. The van der Waals surface area contributed by atoms with Gasteiger partial charge in [0.2, 0.25) is 0 Å². The summed E-state index contributed by atoms with van der Waals surface area (Å²) in [4.78, 5) is 0. The lowest BCUT2D eigenvalue weighted by Crippen LogP contribution is -2.05. The fourth-order valence-electron chi connectivity index (χ4n) is 1.72. The van der Waals surface area contributed by atoms with Crippen LogP contribution < -0.4 is 5.32 Å². The minimum Gasteiger partial charge on any atom is -0.316 e. The van der Waals surface area contributed by atoms with Gasteiger partial charge in [0, 0.05) is 24.8 Å². The third-order valence-corrected chi connectivity index (χ3v) is 3.36. The van der Waals surface area contributed by atoms with Gasteiger partial charge in [-0.3, -0.25) is 4.68 Å². The number of hydrogen-bond acceptors (Lipinski definition) is 3. The van der Waals surface area contributed by atoms with Gasteiger partial charge in [0.05, 0.1) is 5.69 Å². The van der Waals surface area contributed by atoms with Crippen LogP contribution in [0.1, 0.15) is 16.8 Å². The van der Waals surface area contributed by atoms with Crippen molar-refractivity contribution in [2.24, 2.45) is 0 Å². The van der Waals surface area contributed by atoms with Crippen LogP contribution in [-0.2, 0) is 19.5 Å². The first-order valence-corrected chi connectivity index (χ1v) is 6.42. The van der Waals surface area contributed by atoms with E-state index in [1.165, 1.54) is 11.1 Å². The van der Waals surface area contributed by atoms with Crippen molar-refractivity contribution in [3.63, 3.8) is 0 Å². The number of hydrogen-bond donors (Lipinski definition) is 1. The number of nitrogens with zero attached hydrogens (tertiary/aromatic N) is 2. The third kappa shape index (κ3) is 2.71. The normalized spacial score (nSPS) is 10.9. The predicted octanol–water partition coefficient (Wildman–Crippen LogP) is 2.22. The summed E-state index contributed by atoms with van der Waals surface area (Å²) < 4.78 is 2.04. The van der Waals surface area contributed by atoms with Crippen LogP contribution in [-0.4, -0.2) is 16.8 Å². The topological polar surface area (TPSA) is 29.9 Å². The minimum atomic E-state index is 0.893. The molecule has 0 aromatic carbocycles. The van der Waals surface area contributed by atoms with Gasteiger partial charge in [-0.15, -0.1) is 0 Å². The molecule has 1 N–H and O–H groups in total. The maximum atomic E-state index is 4.51. The van der Waals surface area contributed by atoms with Crippen molar-refractivity contribution in [1.29, 1.82) is 0 Å². The fraction of sp³-hybridized carbons (Fsp3) is 0.417. The average molecular weight is 235 g/mol. The highest BCUT2D eigenvalue weighted by Gasteiger charge is 2.03. The Hall–Kier alpha value is -1.13. The van der Waals surface area contributed by atoms with Crippen molar-refractivity contribution in [2.45, 2.75) is 26.4 Å². The van der Waals surface area contributed by atoms with E-state index in [4.69, 9.17) is 0 Å². The van der Waals surface area contributed by atoms with Gasteiger partial charge in [0.1, 0.15) is 0 Å². The summed E-state index contributed by atoms with van der Waals surface area (Å²) in [5.41, 5.74) is 3.81. The van der Waals surface area contributed by atoms with E-state index in [2.05, 4.69) is 40.4 Å². The van der Waals surface area contributed by atoms with Gasteiger partial charge in [0.25, 0.3) is 0 Å². The van der Waals surface area contributed by atoms with E-state index in [0.29, 0.717) is 0 Å². The Morgan fingerprint density at radius 2 is 2.38 bits per heavy atom. The monoisotopic (exact) mass is 235 g/mol. The third-order valence-electron chi connectivity index (χ3n) is 2.62. The molecule has 86 valence electrons. The summed E-state index contributed by atoms with van der Waals surface area (Å²) in [6.07, 6.45) is 3.20. The Labute approximate surface area is 100 Å². The van der Waals surface area contributed by atoms with Gasteiger partial charge < -0.3 is 5.32 Å². The molecule has 0 fully saturated rings. The SMILES string of the molecule is CNCc1cn(CCc2ccsc2)nc1C. The first kappa shape index (κ1) is 11.4. The number of aryl methyl sites for hydroxylation is 3. The average Bonchev–Trinajstić information content (AvgIpc) is 2.87. The molecule has 16 heavy (non-hydrogen) atoms. The van der Waals surface area contributed by atoms with Crippen molar-refractivity contribution >= 4 is 11.3 Å². The zero-order chi connectivity index (χ0) is 11.4. The van der Waals surface area contributed by atoms with Gasteiger partial charge in [0.15, 0.2) is 0 Å². The van der Waals surface area contributed by atoms with Crippen LogP contribution in [0.2, 0.25) is 0 Å². The molecule has 0 saturated carbocycles. The van der Waals surface area contributed by atoms with Gasteiger partial charge in [-0.1, -0.05) is 0 Å². The quantitative estimate of drug-likeness (QED) is 0.861. The van der Waals surface area contributed by atoms with Crippen molar-refractivity contribution in [3.05, 3.63) is 39.8 Å². The number of nitrogens with one attached hydrogen (secondary N) is 1. The second-order valence-corrected chi connectivity index (χ2v) is 4.69. The van der Waals surface area contributed by atoms with Crippen molar-refractivity contribution in [2.75, 3.05) is 7.05 Å². The second-order valence-electron chi connectivity index (χ2n) is 3.91. The molecule has 0 amide bonds. The van der Waals surface area contributed by atoms with E-state index in [1.807, 2.05) is 11.7 Å². The van der Waals surface area contributed by atoms with E-state index in [-0.39, 0.29) is 0 Å². The smallest absolute Gasteiger partial charge is 0.0638 e. The molecule has 0 spiro atoms. The summed E-state index contributed by atoms with van der Waals surface area (Å²) in [6.45, 7) is 3.92. The zero-order valence-electron chi connectivity index (χ0n) is 9.73. The molecule has 0 bridgehead atoms. The van der Waals surface area contributed by atoms with Crippen LogP contribution in [0.15, 0.2) is 23.0 Å². The number of rotatable bonds is 5. The molecule has 0 unspecified atom stereocenters. The lowest BCUT2D eigenvalue weighted by molar-refractivity contribution is 0.610. The van der Waals surface area contributed by atoms with Gasteiger partial charge >= 0.3 is 0 Å². The first-order chi connectivity index (χ1) is 7.79. The molecule has 4 heteroatoms. The van der Waals surface area contributed by atoms with E-state index >= 15 is 0 Å². The Kier molecular flexibility index (Phi) is 3.74. The predicted molar refractivity (Wildman–Crippen MR) is 67.8 cm³/mol. The Morgan fingerprint density at radius 1 is 1.50 bits per heavy atom. The van der Waals surface area contributed by atoms with E-state index in [1.54, 1.807) is 11.3 Å². The standard InChI is InChI=1S/C12H17N3S/c1-10-12(7-13-2)8-15(14-10)5-3-11-4-6-16-9-11/h4,6,8-9,13H,3,5,7H2,1-2H3. The lowest BCUT2D eigenvalue weighted by atomic mass is 10.2. The molecule has 0 aliphatic rings. The fourth-order valence-corrected chi connectivity index (χ4v) is 2.42. The maximum Gasteiger partial charge on any atom is 0.0638 e. The molecule has 0 saturated heterocycles. The molecule has 2 rings (SSSR count). The van der Waals surface area contributed by atoms with Crippen LogP contribution in [0.25, 0.3) is 0 Å². The molecular formula is C12H17N3S. The summed E-state index contributed by atoms with van der Waals surface area (Å²) >= 11 is 1.75. The van der Waals surface area contributed by atoms with Crippen LogP contribution in [0.4, 0.5) is 0 Å². The Bertz CT molecular complexity index is 431. The molecule has 0 atom stereocenters. The molecule has 0 radical (unpaired) electrons. The summed E-state index contributed by atoms with van der Waals surface area (Å²) in [7, 11) is 1.96. The minimum absolute atomic E-state index is 0.893. The van der Waals surface area contributed by atoms with Gasteiger partial charge in [-0.2, -0.15) is 16.4 Å². The molecular weight excluding hydrogens is 218 g/mol. The van der Waals surface area contributed by atoms with Crippen molar-refractivity contribution in [3.8, 4) is 0 Å². The summed E-state index contributed by atoms with van der Waals surface area (Å²) in [5.74, 6) is 0. The molecule has 2 aromatic heterocycles.